The topological polar surface area (TPSA) is 88.2 Å². The second-order valence-electron chi connectivity index (χ2n) is 6.96. The molecule has 8 heteroatoms. The van der Waals surface area contributed by atoms with E-state index in [9.17, 15) is 9.59 Å². The number of benzene rings is 1. The van der Waals surface area contributed by atoms with Crippen molar-refractivity contribution in [3.8, 4) is 11.8 Å². The number of ether oxygens (including phenoxy) is 2. The van der Waals surface area contributed by atoms with Crippen molar-refractivity contribution >= 4 is 0 Å². The number of hydrogen-bond acceptors (Lipinski definition) is 6. The summed E-state index contributed by atoms with van der Waals surface area (Å²) in [5.74, 6) is 0.748. The third-order valence-electron chi connectivity index (χ3n) is 4.55. The monoisotopic (exact) mass is 410 g/mol. The first-order valence-corrected chi connectivity index (χ1v) is 9.90. The van der Waals surface area contributed by atoms with Gasteiger partial charge in [-0.15, -0.1) is 0 Å². The molecule has 0 aliphatic carbocycles. The summed E-state index contributed by atoms with van der Waals surface area (Å²) >= 11 is 0. The summed E-state index contributed by atoms with van der Waals surface area (Å²) in [6, 6.07) is 7.75. The molecule has 0 fully saturated rings. The van der Waals surface area contributed by atoms with E-state index in [0.29, 0.717) is 38.1 Å². The Hall–Kier alpha value is -3.42. The first-order valence-electron chi connectivity index (χ1n) is 9.90. The van der Waals surface area contributed by atoms with Crippen molar-refractivity contribution in [2.75, 3.05) is 13.2 Å². The van der Waals surface area contributed by atoms with Gasteiger partial charge < -0.3 is 9.47 Å². The Morgan fingerprint density at radius 1 is 0.733 bits per heavy atom. The minimum atomic E-state index is -0.351. The molecular formula is C22H26N4O4. The lowest BCUT2D eigenvalue weighted by Gasteiger charge is -2.11. The SMILES string of the molecule is CCOc1nc(=O)n(Cc2ccc(Cn3cc(C)c(OCC)nc3=O)cc2)cc1C. The van der Waals surface area contributed by atoms with E-state index in [0.717, 1.165) is 22.3 Å². The van der Waals surface area contributed by atoms with E-state index < -0.39 is 0 Å². The van der Waals surface area contributed by atoms with E-state index in [4.69, 9.17) is 9.47 Å². The van der Waals surface area contributed by atoms with Gasteiger partial charge in [0.25, 0.3) is 0 Å². The summed E-state index contributed by atoms with van der Waals surface area (Å²) in [6.45, 7) is 9.17. The van der Waals surface area contributed by atoms with Gasteiger partial charge in [0.2, 0.25) is 11.8 Å². The Labute approximate surface area is 174 Å². The second kappa shape index (κ2) is 9.39. The zero-order valence-electron chi connectivity index (χ0n) is 17.7. The van der Waals surface area contributed by atoms with Crippen LogP contribution in [0.5, 0.6) is 11.8 Å². The molecule has 0 unspecified atom stereocenters. The third-order valence-corrected chi connectivity index (χ3v) is 4.55. The molecule has 8 nitrogen and oxygen atoms in total. The van der Waals surface area contributed by atoms with Crippen molar-refractivity contribution in [1.29, 1.82) is 0 Å². The maximum Gasteiger partial charge on any atom is 0.351 e. The third kappa shape index (κ3) is 4.94. The molecule has 2 heterocycles. The largest absolute Gasteiger partial charge is 0.478 e. The summed E-state index contributed by atoms with van der Waals surface area (Å²) in [5, 5.41) is 0. The highest BCUT2D eigenvalue weighted by Crippen LogP contribution is 2.13. The van der Waals surface area contributed by atoms with Crippen LogP contribution in [0.1, 0.15) is 36.1 Å². The first kappa shape index (κ1) is 21.3. The highest BCUT2D eigenvalue weighted by Gasteiger charge is 2.09. The molecule has 1 aromatic carbocycles. The van der Waals surface area contributed by atoms with Crippen LogP contribution in [0.2, 0.25) is 0 Å². The molecular weight excluding hydrogens is 384 g/mol. The van der Waals surface area contributed by atoms with Gasteiger partial charge in [-0.25, -0.2) is 9.59 Å². The van der Waals surface area contributed by atoms with Crippen LogP contribution in [0.15, 0.2) is 46.2 Å². The maximum absolute atomic E-state index is 12.2. The fraction of sp³-hybridized carbons (Fsp3) is 0.364. The van der Waals surface area contributed by atoms with Crippen LogP contribution in [0.3, 0.4) is 0 Å². The predicted octanol–water partition coefficient (Wildman–Crippen LogP) is 2.31. The minimum absolute atomic E-state index is 0.351. The van der Waals surface area contributed by atoms with Gasteiger partial charge in [-0.1, -0.05) is 24.3 Å². The van der Waals surface area contributed by atoms with Crippen LogP contribution in [-0.2, 0) is 13.1 Å². The molecule has 0 N–H and O–H groups in total. The lowest BCUT2D eigenvalue weighted by Crippen LogP contribution is -2.25. The smallest absolute Gasteiger partial charge is 0.351 e. The molecule has 0 saturated heterocycles. The van der Waals surface area contributed by atoms with Gasteiger partial charge in [0.15, 0.2) is 0 Å². The van der Waals surface area contributed by atoms with Gasteiger partial charge >= 0.3 is 11.4 Å². The van der Waals surface area contributed by atoms with Crippen molar-refractivity contribution in [2.24, 2.45) is 0 Å². The molecule has 3 rings (SSSR count). The molecule has 0 aliphatic heterocycles. The summed E-state index contributed by atoms with van der Waals surface area (Å²) in [5.41, 5.74) is 2.84. The Bertz CT molecular complexity index is 1040. The lowest BCUT2D eigenvalue weighted by atomic mass is 10.1. The highest BCUT2D eigenvalue weighted by atomic mass is 16.5. The van der Waals surface area contributed by atoms with Gasteiger partial charge in [-0.2, -0.15) is 9.97 Å². The standard InChI is InChI=1S/C22H26N4O4/c1-5-29-19-15(3)11-25(21(27)23-19)13-17-7-9-18(10-8-17)14-26-12-16(4)20(30-6-2)24-22(26)28/h7-12H,5-6,13-14H2,1-4H3. The van der Waals surface area contributed by atoms with Crippen molar-refractivity contribution in [1.82, 2.24) is 19.1 Å². The molecule has 0 bridgehead atoms. The van der Waals surface area contributed by atoms with E-state index in [2.05, 4.69) is 9.97 Å². The Morgan fingerprint density at radius 2 is 1.10 bits per heavy atom. The number of aromatic nitrogens is 4. The Morgan fingerprint density at radius 3 is 1.43 bits per heavy atom. The Balaban J connectivity index is 1.75. The molecule has 2 aromatic heterocycles. The van der Waals surface area contributed by atoms with Gasteiger partial charge in [-0.05, 0) is 38.8 Å². The van der Waals surface area contributed by atoms with Crippen molar-refractivity contribution in [3.05, 3.63) is 79.9 Å². The van der Waals surface area contributed by atoms with Gasteiger partial charge in [-0.3, -0.25) is 9.13 Å². The summed E-state index contributed by atoms with van der Waals surface area (Å²) in [4.78, 5) is 32.5. The maximum atomic E-state index is 12.2. The van der Waals surface area contributed by atoms with Gasteiger partial charge in [0, 0.05) is 23.5 Å². The fourth-order valence-electron chi connectivity index (χ4n) is 3.10. The van der Waals surface area contributed by atoms with Crippen LogP contribution in [0, 0.1) is 13.8 Å². The quantitative estimate of drug-likeness (QED) is 0.566. The first-order chi connectivity index (χ1) is 14.4. The average molecular weight is 410 g/mol. The van der Waals surface area contributed by atoms with Gasteiger partial charge in [0.05, 0.1) is 26.3 Å². The van der Waals surface area contributed by atoms with E-state index in [1.807, 2.05) is 52.0 Å². The number of aryl methyl sites for hydroxylation is 2. The summed E-state index contributed by atoms with van der Waals surface area (Å²) in [7, 11) is 0. The van der Waals surface area contributed by atoms with E-state index in [1.165, 1.54) is 0 Å². The van der Waals surface area contributed by atoms with Gasteiger partial charge in [0.1, 0.15) is 0 Å². The molecule has 0 amide bonds. The van der Waals surface area contributed by atoms with Crippen LogP contribution < -0.4 is 20.9 Å². The van der Waals surface area contributed by atoms with Crippen molar-refractivity contribution in [2.45, 2.75) is 40.8 Å². The molecule has 0 atom stereocenters. The normalized spacial score (nSPS) is 10.8. The molecule has 0 aliphatic rings. The zero-order chi connectivity index (χ0) is 21.7. The minimum Gasteiger partial charge on any atom is -0.478 e. The number of nitrogens with zero attached hydrogens (tertiary/aromatic N) is 4. The molecule has 0 radical (unpaired) electrons. The number of hydrogen-bond donors (Lipinski definition) is 0. The van der Waals surface area contributed by atoms with Crippen LogP contribution in [0.4, 0.5) is 0 Å². The lowest BCUT2D eigenvalue weighted by molar-refractivity contribution is 0.320. The predicted molar refractivity (Wildman–Crippen MR) is 113 cm³/mol. The molecule has 0 spiro atoms. The van der Waals surface area contributed by atoms with E-state index in [1.54, 1.807) is 21.5 Å². The van der Waals surface area contributed by atoms with Crippen LogP contribution >= 0.6 is 0 Å². The summed E-state index contributed by atoms with van der Waals surface area (Å²) < 4.78 is 13.8. The molecule has 3 aromatic rings. The molecule has 0 saturated carbocycles. The zero-order valence-corrected chi connectivity index (χ0v) is 17.7. The average Bonchev–Trinajstić information content (AvgIpc) is 2.71. The number of rotatable bonds is 8. The Kier molecular flexibility index (Phi) is 6.66. The second-order valence-corrected chi connectivity index (χ2v) is 6.96. The van der Waals surface area contributed by atoms with Crippen molar-refractivity contribution in [3.63, 3.8) is 0 Å². The fourth-order valence-corrected chi connectivity index (χ4v) is 3.10. The van der Waals surface area contributed by atoms with Crippen LogP contribution in [-0.4, -0.2) is 32.3 Å². The summed E-state index contributed by atoms with van der Waals surface area (Å²) in [6.07, 6.45) is 3.50. The van der Waals surface area contributed by atoms with Crippen LogP contribution in [0.25, 0.3) is 0 Å². The van der Waals surface area contributed by atoms with Crippen molar-refractivity contribution < 1.29 is 9.47 Å². The highest BCUT2D eigenvalue weighted by molar-refractivity contribution is 5.26. The van der Waals surface area contributed by atoms with E-state index in [-0.39, 0.29) is 11.4 Å². The molecule has 30 heavy (non-hydrogen) atoms. The molecule has 158 valence electrons. The van der Waals surface area contributed by atoms with E-state index >= 15 is 0 Å².